The molecule has 1 saturated heterocycles. The Balaban J connectivity index is 2.30. The van der Waals surface area contributed by atoms with E-state index in [0.29, 0.717) is 0 Å². The zero-order valence-corrected chi connectivity index (χ0v) is 9.24. The molecule has 1 unspecified atom stereocenters. The number of aromatic amines is 1. The molecule has 1 fully saturated rings. The highest BCUT2D eigenvalue weighted by Gasteiger charge is 2.42. The topological polar surface area (TPSA) is 125 Å². The summed E-state index contributed by atoms with van der Waals surface area (Å²) in [5, 5.41) is 28.3. The molecule has 0 aliphatic carbocycles. The number of aromatic nitrogens is 2. The molecule has 100 valence electrons. The van der Waals surface area contributed by atoms with E-state index < -0.39 is 54.5 Å². The van der Waals surface area contributed by atoms with E-state index in [9.17, 15) is 19.8 Å². The maximum Gasteiger partial charge on any atom is 0.328 e. The van der Waals surface area contributed by atoms with Gasteiger partial charge in [-0.15, -0.1) is 0 Å². The van der Waals surface area contributed by atoms with E-state index in [1.807, 2.05) is 4.98 Å². The SMILES string of the molecule is [2H]c1c([2H])n(C[C@@H]2O[C@H](CO)C(O)[C@@H]2O)c(=O)[nH]c1=O. The Hall–Kier alpha value is -1.48. The van der Waals surface area contributed by atoms with E-state index in [1.54, 1.807) is 0 Å². The van der Waals surface area contributed by atoms with Gasteiger partial charge in [0, 0.05) is 12.2 Å². The number of hydrogen-bond donors (Lipinski definition) is 4. The fourth-order valence-corrected chi connectivity index (χ4v) is 1.80. The standard InChI is InChI=1S/C10H14N2O6/c13-4-6-9(16)8(15)5(18-6)3-12-2-1-7(14)11-10(12)17/h1-2,5-6,8-9,13,15-16H,3-4H2,(H,11,14,17)/t5-,6+,8+,9?/m0/s1/i1D,2D. The monoisotopic (exact) mass is 260 g/mol. The average Bonchev–Trinajstić information content (AvgIpc) is 2.68. The first kappa shape index (κ1) is 10.4. The van der Waals surface area contributed by atoms with Crippen molar-refractivity contribution in [2.24, 2.45) is 0 Å². The molecule has 1 aliphatic heterocycles. The predicted molar refractivity (Wildman–Crippen MR) is 59.1 cm³/mol. The number of aliphatic hydroxyl groups is 3. The Bertz CT molecular complexity index is 615. The van der Waals surface area contributed by atoms with Crippen LogP contribution in [0.2, 0.25) is 0 Å². The number of H-pyrrole nitrogens is 1. The molecule has 18 heavy (non-hydrogen) atoms. The van der Waals surface area contributed by atoms with E-state index in [0.717, 1.165) is 4.57 Å². The van der Waals surface area contributed by atoms with Crippen LogP contribution in [0.15, 0.2) is 21.8 Å². The third kappa shape index (κ3) is 2.36. The molecular formula is C10H14N2O6. The lowest BCUT2D eigenvalue weighted by Crippen LogP contribution is -2.38. The lowest BCUT2D eigenvalue weighted by atomic mass is 10.1. The van der Waals surface area contributed by atoms with Gasteiger partial charge >= 0.3 is 5.69 Å². The van der Waals surface area contributed by atoms with Crippen LogP contribution in [-0.4, -0.2) is 55.9 Å². The molecule has 8 nitrogen and oxygen atoms in total. The fraction of sp³-hybridized carbons (Fsp3) is 0.600. The van der Waals surface area contributed by atoms with Crippen LogP contribution in [0.1, 0.15) is 2.74 Å². The zero-order valence-electron chi connectivity index (χ0n) is 11.2. The fourth-order valence-electron chi connectivity index (χ4n) is 1.80. The van der Waals surface area contributed by atoms with Gasteiger partial charge in [-0.05, 0) is 0 Å². The molecule has 8 heteroatoms. The highest BCUT2D eigenvalue weighted by molar-refractivity contribution is 4.92. The van der Waals surface area contributed by atoms with Crippen LogP contribution in [0.25, 0.3) is 0 Å². The molecule has 0 bridgehead atoms. The number of rotatable bonds is 3. The molecule has 4 atom stereocenters. The van der Waals surface area contributed by atoms with E-state index in [4.69, 9.17) is 12.6 Å². The molecule has 0 radical (unpaired) electrons. The molecule has 2 rings (SSSR count). The lowest BCUT2D eigenvalue weighted by molar-refractivity contribution is -0.0269. The number of nitrogens with one attached hydrogen (secondary N) is 1. The highest BCUT2D eigenvalue weighted by atomic mass is 16.6. The summed E-state index contributed by atoms with van der Waals surface area (Å²) in [5.41, 5.74) is -1.88. The van der Waals surface area contributed by atoms with Crippen LogP contribution in [0.3, 0.4) is 0 Å². The third-order valence-electron chi connectivity index (χ3n) is 2.77. The maximum atomic E-state index is 11.6. The predicted octanol–water partition coefficient (Wildman–Crippen LogP) is -2.98. The van der Waals surface area contributed by atoms with Crippen LogP contribution in [0.5, 0.6) is 0 Å². The van der Waals surface area contributed by atoms with Crippen molar-refractivity contribution in [2.75, 3.05) is 6.61 Å². The largest absolute Gasteiger partial charge is 0.394 e. The van der Waals surface area contributed by atoms with Crippen molar-refractivity contribution in [3.05, 3.63) is 33.1 Å². The van der Waals surface area contributed by atoms with Gasteiger partial charge in [0.15, 0.2) is 0 Å². The molecule has 1 aliphatic rings. The van der Waals surface area contributed by atoms with E-state index >= 15 is 0 Å². The molecule has 0 spiro atoms. The van der Waals surface area contributed by atoms with Gasteiger partial charge in [-0.25, -0.2) is 4.79 Å². The summed E-state index contributed by atoms with van der Waals surface area (Å²) in [4.78, 5) is 24.6. The average molecular weight is 260 g/mol. The Morgan fingerprint density at radius 2 is 2.06 bits per heavy atom. The Labute approximate surface area is 104 Å². The molecule has 1 aromatic heterocycles. The molecule has 0 amide bonds. The second-order valence-corrected chi connectivity index (χ2v) is 3.98. The summed E-state index contributed by atoms with van der Waals surface area (Å²) in [6.45, 7) is -0.832. The van der Waals surface area contributed by atoms with Crippen LogP contribution in [0, 0.1) is 0 Å². The first-order chi connectivity index (χ1) is 9.36. The second kappa shape index (κ2) is 5.02. The maximum absolute atomic E-state index is 11.6. The van der Waals surface area contributed by atoms with Crippen LogP contribution in [0.4, 0.5) is 0 Å². The van der Waals surface area contributed by atoms with Crippen molar-refractivity contribution in [2.45, 2.75) is 31.0 Å². The Morgan fingerprint density at radius 3 is 2.67 bits per heavy atom. The zero-order chi connectivity index (χ0) is 15.0. The summed E-state index contributed by atoms with van der Waals surface area (Å²) in [6, 6.07) is -0.684. The molecule has 0 aromatic carbocycles. The molecule has 0 saturated carbocycles. The summed E-state index contributed by atoms with van der Waals surface area (Å²) < 4.78 is 20.8. The number of ether oxygens (including phenoxy) is 1. The lowest BCUT2D eigenvalue weighted by Gasteiger charge is -2.15. The summed E-state index contributed by atoms with van der Waals surface area (Å²) in [6.07, 6.45) is -5.29. The number of nitrogens with zero attached hydrogens (tertiary/aromatic N) is 1. The van der Waals surface area contributed by atoms with Crippen LogP contribution >= 0.6 is 0 Å². The van der Waals surface area contributed by atoms with E-state index in [-0.39, 0.29) is 6.54 Å². The van der Waals surface area contributed by atoms with Gasteiger partial charge in [0.25, 0.3) is 5.56 Å². The third-order valence-corrected chi connectivity index (χ3v) is 2.77. The molecule has 4 N–H and O–H groups in total. The number of aliphatic hydroxyl groups excluding tert-OH is 3. The minimum Gasteiger partial charge on any atom is -0.394 e. The Kier molecular flexibility index (Phi) is 2.91. The quantitative estimate of drug-likeness (QED) is 0.459. The van der Waals surface area contributed by atoms with Crippen molar-refractivity contribution >= 4 is 0 Å². The summed E-state index contributed by atoms with van der Waals surface area (Å²) in [7, 11) is 0. The highest BCUT2D eigenvalue weighted by Crippen LogP contribution is 2.21. The number of hydrogen-bond acceptors (Lipinski definition) is 6. The second-order valence-electron chi connectivity index (χ2n) is 3.98. The van der Waals surface area contributed by atoms with Crippen LogP contribution < -0.4 is 11.2 Å². The normalized spacial score (nSPS) is 33.3. The van der Waals surface area contributed by atoms with Gasteiger partial charge in [-0.2, -0.15) is 0 Å². The van der Waals surface area contributed by atoms with Gasteiger partial charge in [-0.1, -0.05) is 0 Å². The Morgan fingerprint density at radius 1 is 1.39 bits per heavy atom. The van der Waals surface area contributed by atoms with Gasteiger partial charge in [-0.3, -0.25) is 14.3 Å². The minimum atomic E-state index is -1.35. The van der Waals surface area contributed by atoms with Crippen LogP contribution in [-0.2, 0) is 11.3 Å². The first-order valence-corrected chi connectivity index (χ1v) is 5.29. The summed E-state index contributed by atoms with van der Waals surface area (Å²) in [5.74, 6) is 0. The smallest absolute Gasteiger partial charge is 0.328 e. The van der Waals surface area contributed by atoms with Crippen molar-refractivity contribution < 1.29 is 22.8 Å². The molecular weight excluding hydrogens is 244 g/mol. The first-order valence-electron chi connectivity index (χ1n) is 6.29. The van der Waals surface area contributed by atoms with Gasteiger partial charge in [0.1, 0.15) is 24.4 Å². The van der Waals surface area contributed by atoms with E-state index in [2.05, 4.69) is 0 Å². The van der Waals surface area contributed by atoms with Gasteiger partial charge in [0.2, 0.25) is 0 Å². The van der Waals surface area contributed by atoms with Crippen molar-refractivity contribution in [3.8, 4) is 0 Å². The molecule has 1 aromatic rings. The van der Waals surface area contributed by atoms with Gasteiger partial charge < -0.3 is 20.1 Å². The van der Waals surface area contributed by atoms with Crippen molar-refractivity contribution in [3.63, 3.8) is 0 Å². The van der Waals surface area contributed by atoms with Gasteiger partial charge in [0.05, 0.1) is 15.9 Å². The molecule has 2 heterocycles. The van der Waals surface area contributed by atoms with Crippen molar-refractivity contribution in [1.82, 2.24) is 9.55 Å². The van der Waals surface area contributed by atoms with Crippen molar-refractivity contribution in [1.29, 1.82) is 0 Å². The minimum absolute atomic E-state index is 0.324. The summed E-state index contributed by atoms with van der Waals surface area (Å²) >= 11 is 0. The van der Waals surface area contributed by atoms with E-state index in [1.165, 1.54) is 0 Å².